The highest BCUT2D eigenvalue weighted by molar-refractivity contribution is 7.19. The maximum Gasteiger partial charge on any atom is 0.306 e. The number of carboxylic acids is 1. The Morgan fingerprint density at radius 3 is 1.56 bits per heavy atom. The van der Waals surface area contributed by atoms with Gasteiger partial charge in [0, 0.05) is 47.1 Å². The summed E-state index contributed by atoms with van der Waals surface area (Å²) in [7, 11) is 8.67. The van der Waals surface area contributed by atoms with Crippen molar-refractivity contribution in [3.05, 3.63) is 38.7 Å². The number of rotatable bonds is 8. The smallest absolute Gasteiger partial charge is 0.306 e. The van der Waals surface area contributed by atoms with E-state index in [4.69, 9.17) is 43.1 Å². The van der Waals surface area contributed by atoms with Crippen LogP contribution in [0, 0.1) is 23.7 Å². The van der Waals surface area contributed by atoms with Gasteiger partial charge >= 0.3 is 5.97 Å². The molecule has 13 nitrogen and oxygen atoms in total. The van der Waals surface area contributed by atoms with Crippen LogP contribution < -0.4 is 16.2 Å². The van der Waals surface area contributed by atoms with E-state index >= 15 is 0 Å². The number of aliphatic hydroxyl groups excluding tert-OH is 2. The molecule has 0 aromatic carbocycles. The SMILES string of the molecule is CN(C)C1CCC(CO)CC1.CN(C)C1CCC(COc2ncnc3sc4c(c23)CCC4)CC1.Clc1ncnc2sc3c(c12)CCC3.NC1CCC(C(=O)O)CC1.NC1CCC(CO)CC1. The highest BCUT2D eigenvalue weighted by Gasteiger charge is 2.27. The molecule has 4 saturated carbocycles. The van der Waals surface area contributed by atoms with Crippen molar-refractivity contribution >= 4 is 60.7 Å². The molecule has 0 saturated heterocycles. The molecule has 6 aliphatic carbocycles. The monoisotopic (exact) mass is 971 g/mol. The van der Waals surface area contributed by atoms with E-state index in [0.717, 1.165) is 104 Å². The van der Waals surface area contributed by atoms with Gasteiger partial charge in [-0.05, 0) is 198 Å². The predicted molar refractivity (Wildman–Crippen MR) is 270 cm³/mol. The molecule has 0 aliphatic heterocycles. The molecule has 4 aromatic heterocycles. The number of halogens is 1. The Labute approximate surface area is 406 Å². The predicted octanol–water partition coefficient (Wildman–Crippen LogP) is 8.70. The van der Waals surface area contributed by atoms with Gasteiger partial charge in [-0.1, -0.05) is 11.6 Å². The summed E-state index contributed by atoms with van der Waals surface area (Å²) in [4.78, 5) is 37.3. The summed E-state index contributed by atoms with van der Waals surface area (Å²) in [5.74, 6) is 1.84. The maximum atomic E-state index is 10.4. The van der Waals surface area contributed by atoms with Crippen molar-refractivity contribution in [1.82, 2.24) is 29.7 Å². The molecule has 4 aromatic rings. The molecule has 0 unspecified atom stereocenters. The lowest BCUT2D eigenvalue weighted by atomic mass is 9.86. The Balaban J connectivity index is 0.000000144. The largest absolute Gasteiger partial charge is 0.481 e. The van der Waals surface area contributed by atoms with Gasteiger partial charge in [-0.25, -0.2) is 19.9 Å². The first-order valence-electron chi connectivity index (χ1n) is 24.9. The molecule has 0 bridgehead atoms. The number of nitrogens with zero attached hydrogens (tertiary/aromatic N) is 6. The molecule has 0 spiro atoms. The third-order valence-electron chi connectivity index (χ3n) is 15.0. The minimum Gasteiger partial charge on any atom is -0.481 e. The minimum absolute atomic E-state index is 0.125. The molecular weight excluding hydrogens is 892 g/mol. The van der Waals surface area contributed by atoms with E-state index in [2.05, 4.69) is 57.9 Å². The molecule has 10 rings (SSSR count). The van der Waals surface area contributed by atoms with Crippen LogP contribution in [0.15, 0.2) is 12.7 Å². The van der Waals surface area contributed by atoms with E-state index < -0.39 is 5.97 Å². The summed E-state index contributed by atoms with van der Waals surface area (Å²) >= 11 is 9.63. The van der Waals surface area contributed by atoms with Crippen LogP contribution in [0.5, 0.6) is 5.88 Å². The second-order valence-corrected chi connectivity index (χ2v) is 22.6. The molecule has 4 fully saturated rings. The van der Waals surface area contributed by atoms with E-state index in [9.17, 15) is 4.79 Å². The van der Waals surface area contributed by atoms with Crippen molar-refractivity contribution in [2.24, 2.45) is 35.1 Å². The van der Waals surface area contributed by atoms with E-state index in [1.807, 2.05) is 11.3 Å². The number of carbonyl (C=O) groups is 1. The van der Waals surface area contributed by atoms with Crippen molar-refractivity contribution in [2.75, 3.05) is 48.0 Å². The maximum absolute atomic E-state index is 10.4. The number of aliphatic hydroxyl groups is 2. The standard InChI is InChI=1S/C18H25N3OS.C9H7ClN2S.C9H19NO.C7H13NO2.C7H15NO/c1-21(2)13-8-6-12(7-9-13)10-22-17-16-14-4-3-5-15(14)23-18(16)20-11-19-17;10-8-7-5-2-1-3-6(5)13-9(7)12-4-11-8;1-10(2)9-5-3-8(7-11)4-6-9;8-6-3-1-5(2-4-6)7(9)10;8-7-3-1-6(5-9)2-4-7/h11-13H,3-10H2,1-2H3;4H,1-3H2;8-9,11H,3-7H2,1-2H3;5-6H,1-4,8H2,(H,9,10);6-7,9H,1-5,8H2. The Bertz CT molecular complexity index is 2070. The van der Waals surface area contributed by atoms with Crippen LogP contribution in [-0.4, -0.2) is 123 Å². The van der Waals surface area contributed by atoms with Crippen LogP contribution >= 0.6 is 34.3 Å². The third-order valence-corrected chi connectivity index (χ3v) is 17.7. The van der Waals surface area contributed by atoms with Gasteiger partial charge in [-0.2, -0.15) is 0 Å². The van der Waals surface area contributed by atoms with Crippen molar-refractivity contribution in [3.63, 3.8) is 0 Å². The van der Waals surface area contributed by atoms with Crippen LogP contribution in [0.2, 0.25) is 5.15 Å². The van der Waals surface area contributed by atoms with Gasteiger partial charge in [-0.15, -0.1) is 22.7 Å². The zero-order chi connectivity index (χ0) is 47.2. The fourth-order valence-electron chi connectivity index (χ4n) is 10.5. The first kappa shape index (κ1) is 52.8. The Kier molecular flexibility index (Phi) is 21.1. The lowest BCUT2D eigenvalue weighted by Crippen LogP contribution is -2.33. The number of hydrogen-bond donors (Lipinski definition) is 5. The average Bonchev–Trinajstić information content (AvgIpc) is 4.13. The fraction of sp³-hybridized carbons (Fsp3) is 0.740. The normalized spacial score (nSPS) is 27.0. The Morgan fingerprint density at radius 1 is 0.636 bits per heavy atom. The molecule has 4 heterocycles. The molecule has 368 valence electrons. The number of aryl methyl sites for hydroxylation is 4. The number of carboxylic acid groups (broad SMARTS) is 1. The number of aliphatic carboxylic acids is 1. The number of thiophene rings is 2. The second-order valence-electron chi connectivity index (χ2n) is 20.1. The lowest BCUT2D eigenvalue weighted by molar-refractivity contribution is -0.142. The van der Waals surface area contributed by atoms with Gasteiger partial charge in [0.1, 0.15) is 27.5 Å². The van der Waals surface area contributed by atoms with Gasteiger partial charge < -0.3 is 41.3 Å². The van der Waals surface area contributed by atoms with Crippen LogP contribution in [0.4, 0.5) is 0 Å². The van der Waals surface area contributed by atoms with E-state index in [-0.39, 0.29) is 12.0 Å². The van der Waals surface area contributed by atoms with Crippen LogP contribution in [0.25, 0.3) is 20.4 Å². The molecule has 7 N–H and O–H groups in total. The van der Waals surface area contributed by atoms with E-state index in [0.29, 0.717) is 42.2 Å². The van der Waals surface area contributed by atoms with Crippen molar-refractivity contribution < 1.29 is 24.9 Å². The molecule has 16 heteroatoms. The minimum atomic E-state index is -0.660. The van der Waals surface area contributed by atoms with Gasteiger partial charge in [0.15, 0.2) is 0 Å². The summed E-state index contributed by atoms with van der Waals surface area (Å²) in [6.45, 7) is 1.55. The molecule has 0 amide bonds. The number of nitrogens with two attached hydrogens (primary N) is 2. The highest BCUT2D eigenvalue weighted by atomic mass is 35.5. The molecule has 0 atom stereocenters. The van der Waals surface area contributed by atoms with Crippen LogP contribution in [0.1, 0.15) is 136 Å². The summed E-state index contributed by atoms with van der Waals surface area (Å²) in [6, 6.07) is 2.17. The van der Waals surface area contributed by atoms with E-state index in [1.165, 1.54) is 110 Å². The summed E-state index contributed by atoms with van der Waals surface area (Å²) < 4.78 is 6.18. The number of aromatic nitrogens is 4. The second kappa shape index (κ2) is 26.4. The zero-order valence-electron chi connectivity index (χ0n) is 40.1. The Hall–Kier alpha value is -2.60. The topological polar surface area (TPSA) is 197 Å². The van der Waals surface area contributed by atoms with Crippen LogP contribution in [-0.2, 0) is 30.5 Å². The number of fused-ring (bicyclic) bond motifs is 6. The van der Waals surface area contributed by atoms with Crippen molar-refractivity contribution in [3.8, 4) is 5.88 Å². The van der Waals surface area contributed by atoms with E-state index in [1.54, 1.807) is 17.7 Å². The fourth-order valence-corrected chi connectivity index (χ4v) is 13.3. The Morgan fingerprint density at radius 2 is 1.08 bits per heavy atom. The molecule has 6 aliphatic rings. The molecule has 66 heavy (non-hydrogen) atoms. The van der Waals surface area contributed by atoms with Gasteiger partial charge in [0.2, 0.25) is 5.88 Å². The first-order valence-corrected chi connectivity index (χ1v) is 26.9. The lowest BCUT2D eigenvalue weighted by Gasteiger charge is -2.32. The summed E-state index contributed by atoms with van der Waals surface area (Å²) in [5, 5.41) is 29.1. The number of ether oxygens (including phenoxy) is 1. The average molecular weight is 972 g/mol. The summed E-state index contributed by atoms with van der Waals surface area (Å²) in [6.07, 6.45) is 28.2. The molecular formula is C50H79ClN8O5S2. The quantitative estimate of drug-likeness (QED) is 0.105. The third kappa shape index (κ3) is 15.0. The van der Waals surface area contributed by atoms with Crippen LogP contribution in [0.3, 0.4) is 0 Å². The van der Waals surface area contributed by atoms with Gasteiger partial charge in [-0.3, -0.25) is 4.79 Å². The summed E-state index contributed by atoms with van der Waals surface area (Å²) in [5.41, 5.74) is 14.1. The highest BCUT2D eigenvalue weighted by Crippen LogP contribution is 2.41. The van der Waals surface area contributed by atoms with Gasteiger partial charge in [0.05, 0.1) is 23.3 Å². The molecule has 0 radical (unpaired) electrons. The van der Waals surface area contributed by atoms with Crippen molar-refractivity contribution in [1.29, 1.82) is 0 Å². The zero-order valence-corrected chi connectivity index (χ0v) is 42.5. The van der Waals surface area contributed by atoms with Gasteiger partial charge in [0.25, 0.3) is 0 Å². The van der Waals surface area contributed by atoms with Crippen molar-refractivity contribution in [2.45, 2.75) is 165 Å². The number of hydrogen-bond acceptors (Lipinski definition) is 14. The first-order chi connectivity index (χ1) is 31.8.